The Labute approximate surface area is 279 Å². The molecule has 4 nitrogen and oxygen atoms in total. The summed E-state index contributed by atoms with van der Waals surface area (Å²) in [4.78, 5) is 11.5. The zero-order valence-corrected chi connectivity index (χ0v) is 27.2. The Morgan fingerprint density at radius 3 is 2.16 bits per heavy atom. The van der Waals surface area contributed by atoms with Crippen LogP contribution in [0.25, 0.3) is 0 Å². The van der Waals surface area contributed by atoms with Gasteiger partial charge in [-0.15, -0.1) is 0 Å². The van der Waals surface area contributed by atoms with Gasteiger partial charge in [-0.2, -0.15) is 39.5 Å². The molecule has 0 bridgehead atoms. The molecule has 8 atom stereocenters. The second-order valence-corrected chi connectivity index (χ2v) is 14.5. The molecule has 2 saturated carbocycles. The number of rotatable bonds is 15. The largest absolute Gasteiger partial charge is 0.508 e. The number of aliphatic carboxylic acids is 1. The van der Waals surface area contributed by atoms with Crippen LogP contribution in [-0.2, 0) is 4.79 Å². The van der Waals surface area contributed by atoms with Crippen molar-refractivity contribution < 1.29 is 64.0 Å². The van der Waals surface area contributed by atoms with Gasteiger partial charge in [0.25, 0.3) is 0 Å². The van der Waals surface area contributed by atoms with Gasteiger partial charge in [0, 0.05) is 6.42 Å². The fourth-order valence-electron chi connectivity index (χ4n) is 8.77. The number of alkyl halides is 10. The molecular formula is C35H44F10O4. The minimum Gasteiger partial charge on any atom is -0.508 e. The quantitative estimate of drug-likeness (QED) is 0.0959. The highest BCUT2D eigenvalue weighted by atomic mass is 19.4. The smallest absolute Gasteiger partial charge is 0.460 e. The summed E-state index contributed by atoms with van der Waals surface area (Å²) in [5.41, 5.74) is 1.89. The van der Waals surface area contributed by atoms with Crippen LogP contribution in [0.2, 0.25) is 0 Å². The molecular weight excluding hydrogens is 674 g/mol. The standard InChI is InChI=1S/C35H44F10O4/c1-19-27(47)18-26-28-23(14-15-31(19,26)2)22-12-11-21(46)17-25(22)29(36)24(28)10-8-6-4-3-5-7-9-20(30(48)49)13-16-32(37,38)33(39,40)34(41,42)35(43,44)45/h11-12,17,20,23-24,26-29,46-47H,1,3-10,13-16,18H2,2H3,(H,48,49)/t20?,23?,24-,26?,27+,28?,29+,31+/m0/s1. The molecule has 4 rings (SSSR count). The average Bonchev–Trinajstić information content (AvgIpc) is 3.24. The lowest BCUT2D eigenvalue weighted by atomic mass is 9.51. The highest BCUT2D eigenvalue weighted by Gasteiger charge is 2.81. The number of fused-ring (bicyclic) bond motifs is 5. The van der Waals surface area contributed by atoms with Gasteiger partial charge in [0.2, 0.25) is 0 Å². The number of carboxylic acids is 1. The third-order valence-corrected chi connectivity index (χ3v) is 11.7. The minimum absolute atomic E-state index is 0.0105. The lowest BCUT2D eigenvalue weighted by molar-refractivity contribution is -0.396. The maximum absolute atomic E-state index is 16.3. The van der Waals surface area contributed by atoms with E-state index in [0.717, 1.165) is 24.0 Å². The summed E-state index contributed by atoms with van der Waals surface area (Å²) >= 11 is 0. The van der Waals surface area contributed by atoms with E-state index < -0.39 is 60.9 Å². The lowest BCUT2D eigenvalue weighted by Crippen LogP contribution is -2.60. The normalized spacial score (nSPS) is 29.7. The Bertz CT molecular complexity index is 1350. The van der Waals surface area contributed by atoms with Crippen LogP contribution in [0.5, 0.6) is 5.75 Å². The van der Waals surface area contributed by atoms with Crippen LogP contribution in [0.4, 0.5) is 43.9 Å². The van der Waals surface area contributed by atoms with Crippen molar-refractivity contribution in [3.63, 3.8) is 0 Å². The van der Waals surface area contributed by atoms with E-state index in [2.05, 4.69) is 13.5 Å². The van der Waals surface area contributed by atoms with E-state index in [1.165, 1.54) is 6.07 Å². The van der Waals surface area contributed by atoms with Crippen molar-refractivity contribution >= 4 is 5.97 Å². The minimum atomic E-state index is -7.01. The van der Waals surface area contributed by atoms with Crippen molar-refractivity contribution in [2.24, 2.45) is 29.1 Å². The van der Waals surface area contributed by atoms with Gasteiger partial charge in [0.05, 0.1) is 12.0 Å². The van der Waals surface area contributed by atoms with Crippen LogP contribution in [0.1, 0.15) is 114 Å². The number of unbranched alkanes of at least 4 members (excludes halogenated alkanes) is 5. The van der Waals surface area contributed by atoms with Crippen LogP contribution >= 0.6 is 0 Å². The van der Waals surface area contributed by atoms with Crippen LogP contribution in [0.15, 0.2) is 30.4 Å². The first-order valence-electron chi connectivity index (χ1n) is 16.9. The third kappa shape index (κ3) is 7.31. The Balaban J connectivity index is 1.28. The molecule has 3 aliphatic carbocycles. The molecule has 0 heterocycles. The summed E-state index contributed by atoms with van der Waals surface area (Å²) in [6, 6.07) is 4.87. The molecule has 0 saturated heterocycles. The molecule has 1 aromatic carbocycles. The van der Waals surface area contributed by atoms with Crippen molar-refractivity contribution in [2.45, 2.75) is 133 Å². The zero-order valence-electron chi connectivity index (χ0n) is 27.2. The van der Waals surface area contributed by atoms with Crippen LogP contribution in [-0.4, -0.2) is 51.3 Å². The number of halogens is 10. The monoisotopic (exact) mass is 718 g/mol. The second kappa shape index (κ2) is 14.3. The topological polar surface area (TPSA) is 77.8 Å². The fourth-order valence-corrected chi connectivity index (χ4v) is 8.77. The van der Waals surface area contributed by atoms with Crippen molar-refractivity contribution in [2.75, 3.05) is 0 Å². The molecule has 2 fully saturated rings. The maximum atomic E-state index is 16.3. The predicted molar refractivity (Wildman–Crippen MR) is 160 cm³/mol. The third-order valence-electron chi connectivity index (χ3n) is 11.7. The number of carboxylic acid groups (broad SMARTS) is 1. The van der Waals surface area contributed by atoms with Gasteiger partial charge in [-0.3, -0.25) is 4.79 Å². The Hall–Kier alpha value is -2.51. The van der Waals surface area contributed by atoms with Gasteiger partial charge in [-0.05, 0) is 96.4 Å². The number of phenols is 1. The fraction of sp³-hybridized carbons (Fsp3) is 0.743. The van der Waals surface area contributed by atoms with Crippen molar-refractivity contribution in [3.05, 3.63) is 41.5 Å². The molecule has 0 radical (unpaired) electrons. The number of carbonyl (C=O) groups is 1. The molecule has 49 heavy (non-hydrogen) atoms. The summed E-state index contributed by atoms with van der Waals surface area (Å²) in [5.74, 6) is -23.1. The van der Waals surface area contributed by atoms with Gasteiger partial charge in [-0.25, -0.2) is 4.39 Å². The molecule has 4 unspecified atom stereocenters. The Morgan fingerprint density at radius 2 is 1.55 bits per heavy atom. The van der Waals surface area contributed by atoms with Crippen LogP contribution in [0, 0.1) is 29.1 Å². The Kier molecular flexibility index (Phi) is 11.4. The average molecular weight is 719 g/mol. The number of aromatic hydroxyl groups is 1. The molecule has 14 heteroatoms. The molecule has 0 aromatic heterocycles. The lowest BCUT2D eigenvalue weighted by Gasteiger charge is -2.53. The second-order valence-electron chi connectivity index (χ2n) is 14.5. The number of benzene rings is 1. The summed E-state index contributed by atoms with van der Waals surface area (Å²) in [7, 11) is 0. The SMILES string of the molecule is C=C1[C@H](O)CC2C3C(CC[C@]12C)c1ccc(O)cc1[C@H](F)[C@H]3CCCCCCCCC(CCC(F)(F)C(F)(F)C(F)(F)C(F)(F)F)C(=O)O. The molecule has 0 spiro atoms. The molecule has 3 aliphatic rings. The predicted octanol–water partition coefficient (Wildman–Crippen LogP) is 10.5. The van der Waals surface area contributed by atoms with Gasteiger partial charge in [0.15, 0.2) is 0 Å². The summed E-state index contributed by atoms with van der Waals surface area (Å²) in [5, 5.41) is 30.1. The summed E-state index contributed by atoms with van der Waals surface area (Å²) in [6.07, 6.45) is -6.62. The summed E-state index contributed by atoms with van der Waals surface area (Å²) < 4.78 is 134. The first kappa shape index (κ1) is 39.3. The van der Waals surface area contributed by atoms with E-state index in [1.54, 1.807) is 12.1 Å². The molecule has 278 valence electrons. The van der Waals surface area contributed by atoms with E-state index >= 15 is 4.39 Å². The van der Waals surface area contributed by atoms with Gasteiger partial charge in [0.1, 0.15) is 11.9 Å². The van der Waals surface area contributed by atoms with Crippen molar-refractivity contribution in [1.29, 1.82) is 0 Å². The van der Waals surface area contributed by atoms with E-state index in [-0.39, 0.29) is 47.7 Å². The molecule has 0 aliphatic heterocycles. The van der Waals surface area contributed by atoms with Gasteiger partial charge >= 0.3 is 29.9 Å². The van der Waals surface area contributed by atoms with Gasteiger partial charge < -0.3 is 15.3 Å². The highest BCUT2D eigenvalue weighted by molar-refractivity contribution is 5.69. The number of hydrogen-bond acceptors (Lipinski definition) is 3. The number of hydrogen-bond donors (Lipinski definition) is 3. The van der Waals surface area contributed by atoms with Crippen molar-refractivity contribution in [3.8, 4) is 5.75 Å². The number of phenolic OH excluding ortho intramolecular Hbond substituents is 1. The van der Waals surface area contributed by atoms with E-state index in [1.807, 2.05) is 0 Å². The van der Waals surface area contributed by atoms with E-state index in [0.29, 0.717) is 50.5 Å². The van der Waals surface area contributed by atoms with Crippen molar-refractivity contribution in [1.82, 2.24) is 0 Å². The van der Waals surface area contributed by atoms with E-state index in [4.69, 9.17) is 0 Å². The van der Waals surface area contributed by atoms with Crippen LogP contribution in [0.3, 0.4) is 0 Å². The molecule has 3 N–H and O–H groups in total. The first-order valence-corrected chi connectivity index (χ1v) is 16.9. The maximum Gasteiger partial charge on any atom is 0.460 e. The first-order chi connectivity index (χ1) is 22.6. The number of aliphatic hydroxyl groups is 1. The van der Waals surface area contributed by atoms with E-state index in [9.17, 15) is 59.6 Å². The highest BCUT2D eigenvalue weighted by Crippen LogP contribution is 2.66. The Morgan fingerprint density at radius 1 is 0.939 bits per heavy atom. The molecule has 1 aromatic rings. The summed E-state index contributed by atoms with van der Waals surface area (Å²) in [6.45, 7) is 6.27. The van der Waals surface area contributed by atoms with Gasteiger partial charge in [-0.1, -0.05) is 58.1 Å². The number of aliphatic hydroxyl groups excluding tert-OH is 1. The molecule has 0 amide bonds. The zero-order chi connectivity index (χ0) is 36.7. The van der Waals surface area contributed by atoms with Crippen LogP contribution < -0.4 is 0 Å².